The first kappa shape index (κ1) is 22.9. The van der Waals surface area contributed by atoms with E-state index in [9.17, 15) is 5.11 Å². The van der Waals surface area contributed by atoms with Gasteiger partial charge in [0.15, 0.2) is 5.96 Å². The second-order valence-electron chi connectivity index (χ2n) is 7.34. The maximum atomic E-state index is 9.41. The number of hydrogen-bond acceptors (Lipinski definition) is 4. The van der Waals surface area contributed by atoms with Crippen molar-refractivity contribution >= 4 is 17.6 Å². The molecule has 7 heteroatoms. The van der Waals surface area contributed by atoms with Crippen LogP contribution in [-0.2, 0) is 4.74 Å². The van der Waals surface area contributed by atoms with Gasteiger partial charge in [-0.15, -0.1) is 0 Å². The van der Waals surface area contributed by atoms with E-state index in [-0.39, 0.29) is 18.1 Å². The molecule has 28 heavy (non-hydrogen) atoms. The fourth-order valence-electron chi connectivity index (χ4n) is 3.84. The summed E-state index contributed by atoms with van der Waals surface area (Å²) < 4.78 is 5.58. The average molecular weight is 411 g/mol. The number of aliphatic imine (C=N–C) groups is 1. The standard InChI is InChI=1S/C21H35ClN4O2/c1-4-26(5-2)19(17-8-6-7-9-18(17)22)14-24-20(23-3)25-15-21(10-12-27)11-13-28-16-21/h6-9,19,27H,4-5,10-16H2,1-3H3,(H2,23,24,25). The molecule has 1 aromatic carbocycles. The minimum absolute atomic E-state index is 0.0205. The Bertz CT molecular complexity index is 616. The number of guanidine groups is 1. The molecule has 2 unspecified atom stereocenters. The predicted molar refractivity (Wildman–Crippen MR) is 116 cm³/mol. The number of nitrogens with zero attached hydrogens (tertiary/aromatic N) is 2. The van der Waals surface area contributed by atoms with Gasteiger partial charge < -0.3 is 20.5 Å². The van der Waals surface area contributed by atoms with E-state index in [2.05, 4.69) is 40.4 Å². The lowest BCUT2D eigenvalue weighted by molar-refractivity contribution is 0.127. The number of aliphatic hydroxyl groups is 1. The van der Waals surface area contributed by atoms with Gasteiger partial charge in [0, 0.05) is 43.8 Å². The van der Waals surface area contributed by atoms with Crippen LogP contribution < -0.4 is 10.6 Å². The third-order valence-corrected chi connectivity index (χ3v) is 6.01. The highest BCUT2D eigenvalue weighted by Crippen LogP contribution is 2.31. The molecule has 0 saturated carbocycles. The van der Waals surface area contributed by atoms with Crippen molar-refractivity contribution in [3.63, 3.8) is 0 Å². The predicted octanol–water partition coefficient (Wildman–Crippen LogP) is 2.68. The molecule has 158 valence electrons. The third-order valence-electron chi connectivity index (χ3n) is 5.66. The van der Waals surface area contributed by atoms with Crippen LogP contribution in [0.4, 0.5) is 0 Å². The average Bonchev–Trinajstić information content (AvgIpc) is 3.17. The van der Waals surface area contributed by atoms with Crippen molar-refractivity contribution in [1.82, 2.24) is 15.5 Å². The molecule has 1 saturated heterocycles. The fraction of sp³-hybridized carbons (Fsp3) is 0.667. The first-order valence-corrected chi connectivity index (χ1v) is 10.6. The molecule has 0 amide bonds. The van der Waals surface area contributed by atoms with Gasteiger partial charge in [-0.05, 0) is 37.6 Å². The summed E-state index contributed by atoms with van der Waals surface area (Å²) in [7, 11) is 1.78. The molecule has 1 heterocycles. The highest BCUT2D eigenvalue weighted by atomic mass is 35.5. The summed E-state index contributed by atoms with van der Waals surface area (Å²) in [4.78, 5) is 6.77. The SMILES string of the molecule is CCN(CC)C(CNC(=NC)NCC1(CCO)CCOC1)c1ccccc1Cl. The lowest BCUT2D eigenvalue weighted by Gasteiger charge is -2.32. The second kappa shape index (κ2) is 11.6. The summed E-state index contributed by atoms with van der Waals surface area (Å²) >= 11 is 6.49. The van der Waals surface area contributed by atoms with E-state index >= 15 is 0 Å². The zero-order chi connectivity index (χ0) is 20.4. The number of likely N-dealkylation sites (N-methyl/N-ethyl adjacent to an activating group) is 1. The van der Waals surface area contributed by atoms with E-state index < -0.39 is 0 Å². The Hall–Kier alpha value is -1.34. The van der Waals surface area contributed by atoms with Gasteiger partial charge in [0.1, 0.15) is 0 Å². The number of halogens is 1. The van der Waals surface area contributed by atoms with Crippen molar-refractivity contribution in [2.45, 2.75) is 32.7 Å². The smallest absolute Gasteiger partial charge is 0.191 e. The molecule has 6 nitrogen and oxygen atoms in total. The zero-order valence-corrected chi connectivity index (χ0v) is 18.1. The van der Waals surface area contributed by atoms with E-state index in [1.807, 2.05) is 18.2 Å². The van der Waals surface area contributed by atoms with Crippen LogP contribution >= 0.6 is 11.6 Å². The third kappa shape index (κ3) is 6.08. The normalized spacial score (nSPS) is 21.1. The number of hydrogen-bond donors (Lipinski definition) is 3. The van der Waals surface area contributed by atoms with Crippen molar-refractivity contribution < 1.29 is 9.84 Å². The van der Waals surface area contributed by atoms with Gasteiger partial charge in [-0.2, -0.15) is 0 Å². The number of benzene rings is 1. The lowest BCUT2D eigenvalue weighted by Crippen LogP contribution is -2.47. The van der Waals surface area contributed by atoms with Gasteiger partial charge in [-0.3, -0.25) is 9.89 Å². The number of nitrogens with one attached hydrogen (secondary N) is 2. The minimum Gasteiger partial charge on any atom is -0.396 e. The molecule has 1 aliphatic heterocycles. The van der Waals surface area contributed by atoms with Crippen LogP contribution in [0.3, 0.4) is 0 Å². The maximum Gasteiger partial charge on any atom is 0.191 e. The molecule has 0 aromatic heterocycles. The number of ether oxygens (including phenoxy) is 1. The van der Waals surface area contributed by atoms with Crippen LogP contribution in [0.2, 0.25) is 5.02 Å². The molecule has 2 rings (SSSR count). The summed E-state index contributed by atoms with van der Waals surface area (Å²) in [6.07, 6.45) is 1.69. The molecule has 3 N–H and O–H groups in total. The van der Waals surface area contributed by atoms with Crippen LogP contribution in [0.1, 0.15) is 38.3 Å². The van der Waals surface area contributed by atoms with Crippen LogP contribution in [0.15, 0.2) is 29.3 Å². The van der Waals surface area contributed by atoms with Crippen LogP contribution in [0.25, 0.3) is 0 Å². The van der Waals surface area contributed by atoms with E-state index in [4.69, 9.17) is 16.3 Å². The van der Waals surface area contributed by atoms with Crippen molar-refractivity contribution in [2.75, 3.05) is 53.0 Å². The first-order valence-electron chi connectivity index (χ1n) is 10.2. The van der Waals surface area contributed by atoms with Crippen LogP contribution in [0, 0.1) is 5.41 Å². The topological polar surface area (TPSA) is 69.1 Å². The molecular weight excluding hydrogens is 376 g/mol. The van der Waals surface area contributed by atoms with Gasteiger partial charge in [0.2, 0.25) is 0 Å². The maximum absolute atomic E-state index is 9.41. The van der Waals surface area contributed by atoms with Gasteiger partial charge in [-0.1, -0.05) is 43.6 Å². The molecule has 0 aliphatic carbocycles. The fourth-order valence-corrected chi connectivity index (χ4v) is 4.10. The Morgan fingerprint density at radius 3 is 2.64 bits per heavy atom. The molecule has 0 bridgehead atoms. The van der Waals surface area contributed by atoms with Crippen molar-refractivity contribution in [3.05, 3.63) is 34.9 Å². The summed E-state index contributed by atoms with van der Waals surface area (Å²) in [6, 6.07) is 8.19. The Labute approximate surface area is 174 Å². The summed E-state index contributed by atoms with van der Waals surface area (Å²) in [5.41, 5.74) is 1.10. The van der Waals surface area contributed by atoms with E-state index in [1.165, 1.54) is 0 Å². The van der Waals surface area contributed by atoms with Crippen molar-refractivity contribution in [3.8, 4) is 0 Å². The van der Waals surface area contributed by atoms with E-state index in [1.54, 1.807) is 7.05 Å². The van der Waals surface area contributed by atoms with Gasteiger partial charge >= 0.3 is 0 Å². The first-order chi connectivity index (χ1) is 13.6. The molecular formula is C21H35ClN4O2. The quantitative estimate of drug-likeness (QED) is 0.408. The molecule has 1 aliphatic rings. The highest BCUT2D eigenvalue weighted by molar-refractivity contribution is 6.31. The number of aliphatic hydroxyl groups excluding tert-OH is 1. The van der Waals surface area contributed by atoms with Gasteiger partial charge in [-0.25, -0.2) is 0 Å². The zero-order valence-electron chi connectivity index (χ0n) is 17.4. The van der Waals surface area contributed by atoms with Gasteiger partial charge in [0.25, 0.3) is 0 Å². The lowest BCUT2D eigenvalue weighted by atomic mass is 9.84. The van der Waals surface area contributed by atoms with Crippen molar-refractivity contribution in [2.24, 2.45) is 10.4 Å². The minimum atomic E-state index is -0.0205. The van der Waals surface area contributed by atoms with Gasteiger partial charge in [0.05, 0.1) is 12.6 Å². The second-order valence-corrected chi connectivity index (χ2v) is 7.75. The van der Waals surface area contributed by atoms with Crippen LogP contribution in [0.5, 0.6) is 0 Å². The Kier molecular flexibility index (Phi) is 9.51. The van der Waals surface area contributed by atoms with Crippen molar-refractivity contribution in [1.29, 1.82) is 0 Å². The monoisotopic (exact) mass is 410 g/mol. The Balaban J connectivity index is 2.02. The molecule has 1 fully saturated rings. The Morgan fingerprint density at radius 2 is 2.07 bits per heavy atom. The largest absolute Gasteiger partial charge is 0.396 e. The molecule has 0 radical (unpaired) electrons. The molecule has 2 atom stereocenters. The summed E-state index contributed by atoms with van der Waals surface area (Å²) in [6.45, 7) is 9.26. The molecule has 0 spiro atoms. The van der Waals surface area contributed by atoms with E-state index in [0.29, 0.717) is 13.2 Å². The number of rotatable bonds is 10. The molecule has 1 aromatic rings. The summed E-state index contributed by atoms with van der Waals surface area (Å²) in [5.74, 6) is 0.758. The van der Waals surface area contributed by atoms with E-state index in [0.717, 1.165) is 55.6 Å². The van der Waals surface area contributed by atoms with Crippen LogP contribution in [-0.4, -0.2) is 69.0 Å². The summed E-state index contributed by atoms with van der Waals surface area (Å²) in [5, 5.41) is 17.1. The Morgan fingerprint density at radius 1 is 1.32 bits per heavy atom. The highest BCUT2D eigenvalue weighted by Gasteiger charge is 2.34.